The first-order valence-electron chi connectivity index (χ1n) is 10.0. The van der Waals surface area contributed by atoms with Gasteiger partial charge < -0.3 is 15.0 Å². The summed E-state index contributed by atoms with van der Waals surface area (Å²) in [7, 11) is 3.46. The standard InChI is InChI=1S/C20H29FN4O4/c1-23(2)19(26)12-22-18-5-3-4-8-20(18)14-24(9-10-29-20)13-15-11-16(25(27)28)6-7-17(15)21/h6-7,11,18,22H,3-5,8-10,12-14H2,1-2H3/t18-,20+/m1/s1. The number of carbonyl (C=O) groups is 1. The first-order valence-corrected chi connectivity index (χ1v) is 10.0. The lowest BCUT2D eigenvalue weighted by atomic mass is 9.78. The summed E-state index contributed by atoms with van der Waals surface area (Å²) in [4.78, 5) is 26.2. The Labute approximate surface area is 170 Å². The average Bonchev–Trinajstić information content (AvgIpc) is 2.68. The number of ether oxygens (including phenoxy) is 1. The van der Waals surface area contributed by atoms with Crippen molar-refractivity contribution >= 4 is 11.6 Å². The highest BCUT2D eigenvalue weighted by molar-refractivity contribution is 5.77. The number of non-ortho nitro benzene ring substituents is 1. The van der Waals surface area contributed by atoms with Gasteiger partial charge in [0.2, 0.25) is 5.91 Å². The maximum absolute atomic E-state index is 14.2. The van der Waals surface area contributed by atoms with Crippen molar-refractivity contribution < 1.29 is 18.8 Å². The number of hydrogen-bond acceptors (Lipinski definition) is 6. The fourth-order valence-electron chi connectivity index (χ4n) is 4.28. The summed E-state index contributed by atoms with van der Waals surface area (Å²) in [6, 6.07) is 3.69. The van der Waals surface area contributed by atoms with Crippen molar-refractivity contribution in [3.8, 4) is 0 Å². The number of morpholine rings is 1. The van der Waals surface area contributed by atoms with E-state index in [1.165, 1.54) is 12.1 Å². The van der Waals surface area contributed by atoms with Crippen molar-refractivity contribution in [2.75, 3.05) is 40.3 Å². The highest BCUT2D eigenvalue weighted by Gasteiger charge is 2.45. The number of nitrogens with one attached hydrogen (secondary N) is 1. The Bertz CT molecular complexity index is 756. The predicted molar refractivity (Wildman–Crippen MR) is 106 cm³/mol. The second kappa shape index (κ2) is 9.15. The van der Waals surface area contributed by atoms with Crippen molar-refractivity contribution in [3.63, 3.8) is 0 Å². The largest absolute Gasteiger partial charge is 0.371 e. The number of hydrogen-bond donors (Lipinski definition) is 1. The minimum Gasteiger partial charge on any atom is -0.371 e. The number of benzene rings is 1. The molecule has 9 heteroatoms. The Balaban J connectivity index is 1.71. The van der Waals surface area contributed by atoms with Gasteiger partial charge in [0.15, 0.2) is 0 Å². The van der Waals surface area contributed by atoms with Gasteiger partial charge in [0, 0.05) is 57.5 Å². The number of carbonyl (C=O) groups excluding carboxylic acids is 1. The van der Waals surface area contributed by atoms with Crippen molar-refractivity contribution in [3.05, 3.63) is 39.7 Å². The smallest absolute Gasteiger partial charge is 0.269 e. The maximum atomic E-state index is 14.2. The number of nitro groups is 1. The van der Waals surface area contributed by atoms with Crippen LogP contribution in [0.5, 0.6) is 0 Å². The van der Waals surface area contributed by atoms with Crippen molar-refractivity contribution in [1.29, 1.82) is 0 Å². The summed E-state index contributed by atoms with van der Waals surface area (Å²) in [6.07, 6.45) is 3.89. The zero-order valence-corrected chi connectivity index (χ0v) is 17.0. The van der Waals surface area contributed by atoms with Gasteiger partial charge in [0.05, 0.1) is 23.7 Å². The minimum atomic E-state index is -0.507. The molecule has 1 spiro atoms. The van der Waals surface area contributed by atoms with Crippen LogP contribution in [0.3, 0.4) is 0 Å². The Hall–Kier alpha value is -2.10. The van der Waals surface area contributed by atoms with E-state index in [4.69, 9.17) is 4.74 Å². The van der Waals surface area contributed by atoms with Crippen molar-refractivity contribution in [2.45, 2.75) is 43.9 Å². The lowest BCUT2D eigenvalue weighted by Crippen LogP contribution is -2.63. The van der Waals surface area contributed by atoms with E-state index in [0.29, 0.717) is 31.8 Å². The van der Waals surface area contributed by atoms with Crippen LogP contribution in [0.1, 0.15) is 31.2 Å². The summed E-state index contributed by atoms with van der Waals surface area (Å²) in [5.74, 6) is -0.428. The number of nitrogens with zero attached hydrogens (tertiary/aromatic N) is 3. The number of amides is 1. The molecular weight excluding hydrogens is 379 g/mol. The van der Waals surface area contributed by atoms with Gasteiger partial charge in [-0.2, -0.15) is 0 Å². The molecule has 2 fully saturated rings. The molecule has 3 rings (SSSR count). The molecule has 1 saturated heterocycles. The second-order valence-electron chi connectivity index (χ2n) is 8.12. The molecule has 1 N–H and O–H groups in total. The van der Waals surface area contributed by atoms with E-state index in [9.17, 15) is 19.3 Å². The molecule has 0 aromatic heterocycles. The summed E-state index contributed by atoms with van der Waals surface area (Å²) in [5.41, 5.74) is -0.219. The SMILES string of the molecule is CN(C)C(=O)CN[C@@H]1CCCC[C@]12CN(Cc1cc([N+](=O)[O-])ccc1F)CCO2. The van der Waals surface area contributed by atoms with E-state index >= 15 is 0 Å². The Morgan fingerprint density at radius 3 is 2.97 bits per heavy atom. The molecule has 2 atom stereocenters. The number of likely N-dealkylation sites (N-methyl/N-ethyl adjacent to an activating group) is 1. The topological polar surface area (TPSA) is 88.0 Å². The molecule has 1 aromatic rings. The lowest BCUT2D eigenvalue weighted by Gasteiger charge is -2.50. The molecule has 160 valence electrons. The molecule has 0 unspecified atom stereocenters. The molecule has 1 aliphatic carbocycles. The highest BCUT2D eigenvalue weighted by atomic mass is 19.1. The molecule has 2 aliphatic rings. The minimum absolute atomic E-state index is 0.0112. The van der Waals surface area contributed by atoms with E-state index in [0.717, 1.165) is 31.7 Å². The number of nitro benzene ring substituents is 1. The van der Waals surface area contributed by atoms with Gasteiger partial charge in [-0.1, -0.05) is 12.8 Å². The van der Waals surface area contributed by atoms with E-state index in [1.807, 2.05) is 0 Å². The van der Waals surface area contributed by atoms with E-state index in [1.54, 1.807) is 19.0 Å². The fraction of sp³-hybridized carbons (Fsp3) is 0.650. The van der Waals surface area contributed by atoms with Crippen LogP contribution < -0.4 is 5.32 Å². The van der Waals surface area contributed by atoms with Crippen LogP contribution in [0, 0.1) is 15.9 Å². The second-order valence-corrected chi connectivity index (χ2v) is 8.12. The third-order valence-corrected chi connectivity index (χ3v) is 5.90. The summed E-state index contributed by atoms with van der Waals surface area (Å²) >= 11 is 0. The normalized spacial score (nSPS) is 25.1. The molecule has 0 radical (unpaired) electrons. The van der Waals surface area contributed by atoms with Crippen LogP contribution in [-0.2, 0) is 16.1 Å². The molecule has 8 nitrogen and oxygen atoms in total. The van der Waals surface area contributed by atoms with Crippen molar-refractivity contribution in [1.82, 2.24) is 15.1 Å². The zero-order valence-electron chi connectivity index (χ0n) is 17.0. The van der Waals surface area contributed by atoms with Crippen LogP contribution in [-0.4, -0.2) is 72.6 Å². The molecule has 29 heavy (non-hydrogen) atoms. The Kier molecular flexibility index (Phi) is 6.81. The molecule has 1 aliphatic heterocycles. The highest BCUT2D eigenvalue weighted by Crippen LogP contribution is 2.35. The van der Waals surface area contributed by atoms with Gasteiger partial charge in [-0.25, -0.2) is 4.39 Å². The first-order chi connectivity index (χ1) is 13.8. The van der Waals surface area contributed by atoms with E-state index in [2.05, 4.69) is 10.2 Å². The molecular formula is C20H29FN4O4. The molecule has 0 bridgehead atoms. The third kappa shape index (κ3) is 5.09. The van der Waals surface area contributed by atoms with E-state index in [-0.39, 0.29) is 24.2 Å². The van der Waals surface area contributed by atoms with Gasteiger partial charge in [-0.3, -0.25) is 19.8 Å². The fourth-order valence-corrected chi connectivity index (χ4v) is 4.28. The van der Waals surface area contributed by atoms with Gasteiger partial charge in [0.1, 0.15) is 5.82 Å². The van der Waals surface area contributed by atoms with Gasteiger partial charge >= 0.3 is 0 Å². The molecule has 1 heterocycles. The molecule has 1 amide bonds. The Morgan fingerprint density at radius 2 is 2.24 bits per heavy atom. The van der Waals surface area contributed by atoms with Crippen LogP contribution in [0.15, 0.2) is 18.2 Å². The molecule has 1 saturated carbocycles. The maximum Gasteiger partial charge on any atom is 0.269 e. The third-order valence-electron chi connectivity index (χ3n) is 5.90. The number of halogens is 1. The lowest BCUT2D eigenvalue weighted by molar-refractivity contribution is -0.385. The average molecular weight is 408 g/mol. The number of rotatable bonds is 6. The van der Waals surface area contributed by atoms with Crippen LogP contribution in [0.4, 0.5) is 10.1 Å². The first kappa shape index (κ1) is 21.6. The van der Waals surface area contributed by atoms with Gasteiger partial charge in [0.25, 0.3) is 5.69 Å². The summed E-state index contributed by atoms with van der Waals surface area (Å²) in [5, 5.41) is 14.4. The van der Waals surface area contributed by atoms with Crippen LogP contribution >= 0.6 is 0 Å². The monoisotopic (exact) mass is 408 g/mol. The van der Waals surface area contributed by atoms with Crippen molar-refractivity contribution in [2.24, 2.45) is 0 Å². The van der Waals surface area contributed by atoms with Crippen LogP contribution in [0.2, 0.25) is 0 Å². The zero-order chi connectivity index (χ0) is 21.0. The summed E-state index contributed by atoms with van der Waals surface area (Å²) < 4.78 is 20.5. The van der Waals surface area contributed by atoms with Gasteiger partial charge in [-0.15, -0.1) is 0 Å². The van der Waals surface area contributed by atoms with E-state index < -0.39 is 16.3 Å². The van der Waals surface area contributed by atoms with Gasteiger partial charge in [-0.05, 0) is 18.9 Å². The molecule has 1 aromatic carbocycles. The Morgan fingerprint density at radius 1 is 1.45 bits per heavy atom. The predicted octanol–water partition coefficient (Wildman–Crippen LogP) is 1.93. The quantitative estimate of drug-likeness (QED) is 0.572. The van der Waals surface area contributed by atoms with Crippen LogP contribution in [0.25, 0.3) is 0 Å². The summed E-state index contributed by atoms with van der Waals surface area (Å²) in [6.45, 7) is 2.29.